The first-order chi connectivity index (χ1) is 8.38. The monoisotopic (exact) mass is 257 g/mol. The molecule has 0 aliphatic carbocycles. The van der Waals surface area contributed by atoms with E-state index in [-0.39, 0.29) is 0 Å². The summed E-state index contributed by atoms with van der Waals surface area (Å²) in [6.07, 6.45) is 0.416. The summed E-state index contributed by atoms with van der Waals surface area (Å²) in [6.45, 7) is 3.45. The van der Waals surface area contributed by atoms with E-state index in [1.165, 1.54) is 12.1 Å². The van der Waals surface area contributed by atoms with Gasteiger partial charge >= 0.3 is 5.97 Å². The molecule has 0 aliphatic rings. The van der Waals surface area contributed by atoms with Gasteiger partial charge in [0.25, 0.3) is 0 Å². The average molecular weight is 257 g/mol. The molecule has 18 heavy (non-hydrogen) atoms. The van der Waals surface area contributed by atoms with Crippen LogP contribution in [-0.4, -0.2) is 29.1 Å². The molecular weight excluding hydrogens is 240 g/mol. The zero-order chi connectivity index (χ0) is 13.9. The normalized spacial score (nSPS) is 14.6. The van der Waals surface area contributed by atoms with Crippen molar-refractivity contribution in [3.05, 3.63) is 35.4 Å². The Morgan fingerprint density at radius 2 is 2.06 bits per heavy atom. The standard InChI is InChI=1S/C13H17F2NO2/c1-4-12(13(17)18)16(3)8(2)10-6-5-9(14)7-11(10)15/h5-8,12H,4H2,1-3H3,(H,17,18). The Hall–Kier alpha value is -1.49. The molecule has 1 aromatic carbocycles. The van der Waals surface area contributed by atoms with Gasteiger partial charge in [-0.25, -0.2) is 8.78 Å². The van der Waals surface area contributed by atoms with Crippen molar-refractivity contribution in [1.82, 2.24) is 4.90 Å². The van der Waals surface area contributed by atoms with Crippen LogP contribution in [-0.2, 0) is 4.79 Å². The largest absolute Gasteiger partial charge is 0.480 e. The van der Waals surface area contributed by atoms with E-state index in [9.17, 15) is 13.6 Å². The maximum atomic E-state index is 13.6. The van der Waals surface area contributed by atoms with Crippen LogP contribution >= 0.6 is 0 Å². The molecule has 0 heterocycles. The van der Waals surface area contributed by atoms with Crippen molar-refractivity contribution in [2.24, 2.45) is 0 Å². The third kappa shape index (κ3) is 3.04. The summed E-state index contributed by atoms with van der Waals surface area (Å²) in [6, 6.07) is 2.20. The Bertz CT molecular complexity index is 437. The molecule has 0 fully saturated rings. The Kier molecular flexibility index (Phi) is 4.78. The van der Waals surface area contributed by atoms with E-state index in [1.807, 2.05) is 0 Å². The number of carbonyl (C=O) groups is 1. The fourth-order valence-corrected chi connectivity index (χ4v) is 1.97. The number of halogens is 2. The lowest BCUT2D eigenvalue weighted by Crippen LogP contribution is -2.39. The van der Waals surface area contributed by atoms with Crippen LogP contribution in [0.15, 0.2) is 18.2 Å². The van der Waals surface area contributed by atoms with E-state index in [4.69, 9.17) is 5.11 Å². The van der Waals surface area contributed by atoms with Crippen molar-refractivity contribution in [1.29, 1.82) is 0 Å². The second kappa shape index (κ2) is 5.91. The molecule has 3 nitrogen and oxygen atoms in total. The van der Waals surface area contributed by atoms with Crippen molar-refractivity contribution in [2.75, 3.05) is 7.05 Å². The molecule has 1 N–H and O–H groups in total. The molecule has 0 saturated heterocycles. The summed E-state index contributed by atoms with van der Waals surface area (Å²) in [5.41, 5.74) is 0.290. The van der Waals surface area contributed by atoms with Crippen molar-refractivity contribution >= 4 is 5.97 Å². The number of aliphatic carboxylic acids is 1. The molecule has 2 unspecified atom stereocenters. The van der Waals surface area contributed by atoms with Crippen LogP contribution in [0.2, 0.25) is 0 Å². The first kappa shape index (κ1) is 14.6. The molecule has 2 atom stereocenters. The van der Waals surface area contributed by atoms with Crippen LogP contribution in [0.1, 0.15) is 31.9 Å². The van der Waals surface area contributed by atoms with Crippen molar-refractivity contribution in [3.8, 4) is 0 Å². The molecule has 0 spiro atoms. The highest BCUT2D eigenvalue weighted by molar-refractivity contribution is 5.73. The lowest BCUT2D eigenvalue weighted by molar-refractivity contribution is -0.143. The Morgan fingerprint density at radius 3 is 2.50 bits per heavy atom. The van der Waals surface area contributed by atoms with Gasteiger partial charge in [0.05, 0.1) is 0 Å². The second-order valence-electron chi connectivity index (χ2n) is 4.27. The van der Waals surface area contributed by atoms with Crippen LogP contribution < -0.4 is 0 Å². The summed E-state index contributed by atoms with van der Waals surface area (Å²) in [5, 5.41) is 9.06. The maximum Gasteiger partial charge on any atom is 0.320 e. The van der Waals surface area contributed by atoms with Crippen LogP contribution in [0.4, 0.5) is 8.78 Å². The lowest BCUT2D eigenvalue weighted by Gasteiger charge is -2.30. The van der Waals surface area contributed by atoms with Gasteiger partial charge in [0.1, 0.15) is 17.7 Å². The summed E-state index contributed by atoms with van der Waals surface area (Å²) in [5.74, 6) is -2.25. The van der Waals surface area contributed by atoms with Gasteiger partial charge in [0.2, 0.25) is 0 Å². The van der Waals surface area contributed by atoms with Gasteiger partial charge < -0.3 is 5.11 Å². The summed E-state index contributed by atoms with van der Waals surface area (Å²) >= 11 is 0. The van der Waals surface area contributed by atoms with E-state index >= 15 is 0 Å². The Balaban J connectivity index is 2.98. The average Bonchev–Trinajstić information content (AvgIpc) is 2.28. The molecule has 0 bridgehead atoms. The number of carboxylic acids is 1. The molecule has 0 amide bonds. The number of likely N-dealkylation sites (N-methyl/N-ethyl adjacent to an activating group) is 1. The third-order valence-corrected chi connectivity index (χ3v) is 3.19. The Morgan fingerprint density at radius 1 is 1.44 bits per heavy atom. The van der Waals surface area contributed by atoms with Crippen LogP contribution in [0.3, 0.4) is 0 Å². The molecule has 100 valence electrons. The molecular formula is C13H17F2NO2. The zero-order valence-electron chi connectivity index (χ0n) is 10.7. The topological polar surface area (TPSA) is 40.5 Å². The fourth-order valence-electron chi connectivity index (χ4n) is 1.97. The number of hydrogen-bond donors (Lipinski definition) is 1. The van der Waals surface area contributed by atoms with Gasteiger partial charge in [-0.1, -0.05) is 13.0 Å². The number of carboxylic acid groups (broad SMARTS) is 1. The highest BCUT2D eigenvalue weighted by atomic mass is 19.1. The highest BCUT2D eigenvalue weighted by Crippen LogP contribution is 2.24. The van der Waals surface area contributed by atoms with E-state index in [2.05, 4.69) is 0 Å². The number of rotatable bonds is 5. The van der Waals surface area contributed by atoms with Crippen molar-refractivity contribution in [3.63, 3.8) is 0 Å². The first-order valence-electron chi connectivity index (χ1n) is 5.78. The number of hydrogen-bond acceptors (Lipinski definition) is 2. The van der Waals surface area contributed by atoms with Crippen molar-refractivity contribution in [2.45, 2.75) is 32.4 Å². The molecule has 1 rings (SSSR count). The van der Waals surface area contributed by atoms with E-state index in [0.29, 0.717) is 12.0 Å². The summed E-state index contributed by atoms with van der Waals surface area (Å²) < 4.78 is 26.4. The first-order valence-corrected chi connectivity index (χ1v) is 5.78. The Labute approximate surface area is 105 Å². The number of benzene rings is 1. The minimum absolute atomic E-state index is 0.290. The molecule has 0 saturated carbocycles. The third-order valence-electron chi connectivity index (χ3n) is 3.19. The molecule has 1 aromatic rings. The SMILES string of the molecule is CCC(C(=O)O)N(C)C(C)c1ccc(F)cc1F. The molecule has 5 heteroatoms. The van der Waals surface area contributed by atoms with Crippen LogP contribution in [0.25, 0.3) is 0 Å². The highest BCUT2D eigenvalue weighted by Gasteiger charge is 2.26. The van der Waals surface area contributed by atoms with E-state index in [1.54, 1.807) is 25.8 Å². The molecule has 0 aromatic heterocycles. The summed E-state index contributed by atoms with van der Waals surface area (Å²) in [4.78, 5) is 12.6. The predicted molar refractivity (Wildman–Crippen MR) is 64.3 cm³/mol. The van der Waals surface area contributed by atoms with Gasteiger partial charge in [-0.2, -0.15) is 0 Å². The molecule has 0 radical (unpaired) electrons. The minimum atomic E-state index is -0.950. The smallest absolute Gasteiger partial charge is 0.320 e. The zero-order valence-corrected chi connectivity index (χ0v) is 10.7. The van der Waals surface area contributed by atoms with Crippen molar-refractivity contribution < 1.29 is 18.7 Å². The quantitative estimate of drug-likeness (QED) is 0.881. The predicted octanol–water partition coefficient (Wildman–Crippen LogP) is 2.82. The maximum absolute atomic E-state index is 13.6. The second-order valence-corrected chi connectivity index (χ2v) is 4.27. The van der Waals surface area contributed by atoms with Gasteiger partial charge in [-0.15, -0.1) is 0 Å². The van der Waals surface area contributed by atoms with Gasteiger partial charge in [0.15, 0.2) is 0 Å². The van der Waals surface area contributed by atoms with Gasteiger partial charge in [-0.3, -0.25) is 9.69 Å². The van der Waals surface area contributed by atoms with Gasteiger partial charge in [0, 0.05) is 17.7 Å². The van der Waals surface area contributed by atoms with Crippen LogP contribution in [0, 0.1) is 11.6 Å². The minimum Gasteiger partial charge on any atom is -0.480 e. The lowest BCUT2D eigenvalue weighted by atomic mass is 10.0. The van der Waals surface area contributed by atoms with E-state index < -0.39 is 29.7 Å². The van der Waals surface area contributed by atoms with Gasteiger partial charge in [-0.05, 0) is 26.5 Å². The number of nitrogens with zero attached hydrogens (tertiary/aromatic N) is 1. The van der Waals surface area contributed by atoms with E-state index in [0.717, 1.165) is 6.07 Å². The molecule has 0 aliphatic heterocycles. The summed E-state index contributed by atoms with van der Waals surface area (Å²) in [7, 11) is 1.62. The fraction of sp³-hybridized carbons (Fsp3) is 0.462. The van der Waals surface area contributed by atoms with Crippen LogP contribution in [0.5, 0.6) is 0 Å².